The molecule has 14 heavy (non-hydrogen) atoms. The summed E-state index contributed by atoms with van der Waals surface area (Å²) in [6.45, 7) is 9.64. The fourth-order valence-electron chi connectivity index (χ4n) is 2.12. The van der Waals surface area contributed by atoms with Gasteiger partial charge in [0.1, 0.15) is 0 Å². The summed E-state index contributed by atoms with van der Waals surface area (Å²) in [5.41, 5.74) is 0. The molecule has 0 saturated carbocycles. The number of nitrogens with one attached hydrogen (secondary N) is 1. The highest BCUT2D eigenvalue weighted by Crippen LogP contribution is 2.13. The monoisotopic (exact) mass is 198 g/mol. The summed E-state index contributed by atoms with van der Waals surface area (Å²) in [7, 11) is 2.26. The molecule has 1 N–H and O–H groups in total. The van der Waals surface area contributed by atoms with Gasteiger partial charge < -0.3 is 10.2 Å². The van der Waals surface area contributed by atoms with Gasteiger partial charge in [-0.1, -0.05) is 20.3 Å². The molecule has 84 valence electrons. The second kappa shape index (κ2) is 6.41. The SMILES string of the molecule is CCC(C)CN(C)CCC1CCNC1. The van der Waals surface area contributed by atoms with Crippen molar-refractivity contribution in [2.75, 3.05) is 33.2 Å². The summed E-state index contributed by atoms with van der Waals surface area (Å²) in [6, 6.07) is 0. The minimum Gasteiger partial charge on any atom is -0.316 e. The van der Waals surface area contributed by atoms with Gasteiger partial charge in [0.05, 0.1) is 0 Å². The molecule has 0 aromatic rings. The predicted octanol–water partition coefficient (Wildman–Crippen LogP) is 1.96. The van der Waals surface area contributed by atoms with Gasteiger partial charge in [-0.25, -0.2) is 0 Å². The molecule has 0 amide bonds. The minimum atomic E-state index is 0.849. The van der Waals surface area contributed by atoms with Crippen molar-refractivity contribution in [2.45, 2.75) is 33.1 Å². The van der Waals surface area contributed by atoms with Crippen molar-refractivity contribution >= 4 is 0 Å². The summed E-state index contributed by atoms with van der Waals surface area (Å²) >= 11 is 0. The van der Waals surface area contributed by atoms with Crippen LogP contribution in [0.25, 0.3) is 0 Å². The molecule has 0 radical (unpaired) electrons. The molecule has 0 aromatic heterocycles. The van der Waals surface area contributed by atoms with E-state index in [9.17, 15) is 0 Å². The molecule has 2 nitrogen and oxygen atoms in total. The van der Waals surface area contributed by atoms with Crippen molar-refractivity contribution in [3.63, 3.8) is 0 Å². The van der Waals surface area contributed by atoms with E-state index in [2.05, 4.69) is 31.1 Å². The lowest BCUT2D eigenvalue weighted by Gasteiger charge is -2.21. The molecule has 1 fully saturated rings. The molecule has 1 heterocycles. The summed E-state index contributed by atoms with van der Waals surface area (Å²) in [6.07, 6.45) is 4.06. The lowest BCUT2D eigenvalue weighted by atomic mass is 10.0. The number of hydrogen-bond donors (Lipinski definition) is 1. The van der Waals surface area contributed by atoms with Crippen LogP contribution in [0, 0.1) is 11.8 Å². The maximum atomic E-state index is 3.43. The molecule has 1 saturated heterocycles. The van der Waals surface area contributed by atoms with Crippen LogP contribution in [0.1, 0.15) is 33.1 Å². The van der Waals surface area contributed by atoms with E-state index in [4.69, 9.17) is 0 Å². The normalized spacial score (nSPS) is 24.4. The molecule has 2 heteroatoms. The van der Waals surface area contributed by atoms with E-state index in [0.717, 1.165) is 11.8 Å². The summed E-state index contributed by atoms with van der Waals surface area (Å²) in [5, 5.41) is 3.43. The van der Waals surface area contributed by atoms with Crippen molar-refractivity contribution in [1.82, 2.24) is 10.2 Å². The van der Waals surface area contributed by atoms with Gasteiger partial charge in [0.2, 0.25) is 0 Å². The van der Waals surface area contributed by atoms with Gasteiger partial charge >= 0.3 is 0 Å². The Balaban J connectivity index is 2.04. The van der Waals surface area contributed by atoms with E-state index in [1.54, 1.807) is 0 Å². The van der Waals surface area contributed by atoms with E-state index < -0.39 is 0 Å². The lowest BCUT2D eigenvalue weighted by Crippen LogP contribution is -2.27. The Hall–Kier alpha value is -0.0800. The molecular formula is C12H26N2. The van der Waals surface area contributed by atoms with E-state index >= 15 is 0 Å². The maximum Gasteiger partial charge on any atom is 0.000387 e. The molecular weight excluding hydrogens is 172 g/mol. The van der Waals surface area contributed by atoms with Crippen LogP contribution in [0.5, 0.6) is 0 Å². The zero-order chi connectivity index (χ0) is 10.4. The first kappa shape index (κ1) is 12.0. The summed E-state index contributed by atoms with van der Waals surface area (Å²) in [5.74, 6) is 1.79. The van der Waals surface area contributed by atoms with Crippen LogP contribution >= 0.6 is 0 Å². The second-order valence-corrected chi connectivity index (χ2v) is 4.92. The number of rotatable bonds is 6. The Kier molecular flexibility index (Phi) is 5.49. The highest BCUT2D eigenvalue weighted by molar-refractivity contribution is 4.72. The Morgan fingerprint density at radius 2 is 2.29 bits per heavy atom. The fourth-order valence-corrected chi connectivity index (χ4v) is 2.12. The lowest BCUT2D eigenvalue weighted by molar-refractivity contribution is 0.264. The van der Waals surface area contributed by atoms with Gasteiger partial charge in [-0.2, -0.15) is 0 Å². The van der Waals surface area contributed by atoms with Crippen LogP contribution in [0.15, 0.2) is 0 Å². The number of nitrogens with zero attached hydrogens (tertiary/aromatic N) is 1. The minimum absolute atomic E-state index is 0.849. The molecule has 2 atom stereocenters. The largest absolute Gasteiger partial charge is 0.316 e. The average Bonchev–Trinajstić information content (AvgIpc) is 2.67. The van der Waals surface area contributed by atoms with Crippen molar-refractivity contribution in [3.8, 4) is 0 Å². The zero-order valence-corrected chi connectivity index (χ0v) is 10.1. The molecule has 0 aliphatic carbocycles. The molecule has 1 aliphatic rings. The van der Waals surface area contributed by atoms with Gasteiger partial charge in [-0.3, -0.25) is 0 Å². The fraction of sp³-hybridized carbons (Fsp3) is 1.00. The topological polar surface area (TPSA) is 15.3 Å². The predicted molar refractivity (Wildman–Crippen MR) is 62.5 cm³/mol. The van der Waals surface area contributed by atoms with Crippen molar-refractivity contribution < 1.29 is 0 Å². The highest BCUT2D eigenvalue weighted by Gasteiger charge is 2.14. The molecule has 0 spiro atoms. The average molecular weight is 198 g/mol. The van der Waals surface area contributed by atoms with Gasteiger partial charge in [0, 0.05) is 6.54 Å². The van der Waals surface area contributed by atoms with Crippen molar-refractivity contribution in [1.29, 1.82) is 0 Å². The van der Waals surface area contributed by atoms with Crippen LogP contribution in [0.3, 0.4) is 0 Å². The van der Waals surface area contributed by atoms with Gasteiger partial charge in [0.25, 0.3) is 0 Å². The maximum absolute atomic E-state index is 3.43. The first-order valence-corrected chi connectivity index (χ1v) is 6.11. The Labute approximate surface area is 89.1 Å². The standard InChI is InChI=1S/C12H26N2/c1-4-11(2)10-14(3)8-6-12-5-7-13-9-12/h11-13H,4-10H2,1-3H3. The smallest absolute Gasteiger partial charge is 0.000387 e. The van der Waals surface area contributed by atoms with Crippen LogP contribution in [0.4, 0.5) is 0 Å². The van der Waals surface area contributed by atoms with Crippen molar-refractivity contribution in [2.24, 2.45) is 11.8 Å². The van der Waals surface area contributed by atoms with Gasteiger partial charge in [0.15, 0.2) is 0 Å². The van der Waals surface area contributed by atoms with E-state index in [0.29, 0.717) is 0 Å². The third-order valence-electron chi connectivity index (χ3n) is 3.40. The first-order valence-electron chi connectivity index (χ1n) is 6.11. The molecule has 1 aliphatic heterocycles. The van der Waals surface area contributed by atoms with Crippen molar-refractivity contribution in [3.05, 3.63) is 0 Å². The van der Waals surface area contributed by atoms with E-state index in [1.165, 1.54) is 45.4 Å². The molecule has 2 unspecified atom stereocenters. The van der Waals surface area contributed by atoms with Gasteiger partial charge in [-0.05, 0) is 51.4 Å². The molecule has 0 aromatic carbocycles. The Morgan fingerprint density at radius 3 is 2.86 bits per heavy atom. The summed E-state index contributed by atoms with van der Waals surface area (Å²) in [4.78, 5) is 2.49. The third kappa shape index (κ3) is 4.43. The second-order valence-electron chi connectivity index (χ2n) is 4.92. The Bertz CT molecular complexity index is 141. The van der Waals surface area contributed by atoms with Crippen LogP contribution in [-0.2, 0) is 0 Å². The summed E-state index contributed by atoms with van der Waals surface area (Å²) < 4.78 is 0. The zero-order valence-electron chi connectivity index (χ0n) is 10.1. The quantitative estimate of drug-likeness (QED) is 0.702. The third-order valence-corrected chi connectivity index (χ3v) is 3.40. The molecule has 1 rings (SSSR count). The Morgan fingerprint density at radius 1 is 1.50 bits per heavy atom. The van der Waals surface area contributed by atoms with Gasteiger partial charge in [-0.15, -0.1) is 0 Å². The molecule has 0 bridgehead atoms. The highest BCUT2D eigenvalue weighted by atomic mass is 15.1. The van der Waals surface area contributed by atoms with Crippen LogP contribution in [0.2, 0.25) is 0 Å². The van der Waals surface area contributed by atoms with E-state index in [-0.39, 0.29) is 0 Å². The van der Waals surface area contributed by atoms with E-state index in [1.807, 2.05) is 0 Å². The van der Waals surface area contributed by atoms with Crippen LogP contribution < -0.4 is 5.32 Å². The number of hydrogen-bond acceptors (Lipinski definition) is 2. The first-order chi connectivity index (χ1) is 6.72. The van der Waals surface area contributed by atoms with Crippen LogP contribution in [-0.4, -0.2) is 38.1 Å².